The third-order valence-electron chi connectivity index (χ3n) is 5.84. The van der Waals surface area contributed by atoms with E-state index in [4.69, 9.17) is 26.2 Å². The molecule has 0 aliphatic carbocycles. The van der Waals surface area contributed by atoms with Gasteiger partial charge in [-0.25, -0.2) is 4.79 Å². The average molecular weight is 650 g/mol. The van der Waals surface area contributed by atoms with E-state index in [1.54, 1.807) is 0 Å². The minimum absolute atomic E-state index is 0.384. The van der Waals surface area contributed by atoms with Gasteiger partial charge in [-0.15, -0.1) is 0 Å². The van der Waals surface area contributed by atoms with E-state index in [1.807, 2.05) is 16.0 Å². The number of hydrogen-bond acceptors (Lipinski definition) is 11. The normalized spacial score (nSPS) is 13.9. The van der Waals surface area contributed by atoms with E-state index < -0.39 is 141 Å². The molecule has 0 aromatic heterocycles. The van der Waals surface area contributed by atoms with Crippen LogP contribution in [0.15, 0.2) is 0 Å². The molecule has 21 heteroatoms. The van der Waals surface area contributed by atoms with E-state index in [9.17, 15) is 58.2 Å². The molecule has 0 saturated carbocycles. The topological polar surface area (TPSA) is 366 Å². The van der Waals surface area contributed by atoms with Crippen LogP contribution in [0.2, 0.25) is 0 Å². The van der Waals surface area contributed by atoms with Crippen LogP contribution in [0.3, 0.4) is 0 Å². The fourth-order valence-corrected chi connectivity index (χ4v) is 3.49. The molecule has 0 aromatic carbocycles. The summed E-state index contributed by atoms with van der Waals surface area (Å²) in [7, 11) is 0. The van der Waals surface area contributed by atoms with Crippen molar-refractivity contribution in [2.24, 2.45) is 5.73 Å². The molecular formula is C24H35N5O16. The Morgan fingerprint density at radius 1 is 0.422 bits per heavy atom. The highest BCUT2D eigenvalue weighted by molar-refractivity contribution is 5.97. The van der Waals surface area contributed by atoms with Gasteiger partial charge >= 0.3 is 35.8 Å². The largest absolute Gasteiger partial charge is 0.481 e. The van der Waals surface area contributed by atoms with E-state index >= 15 is 0 Å². The molecule has 0 fully saturated rings. The maximum absolute atomic E-state index is 13.1. The Bertz CT molecular complexity index is 1160. The number of carboxylic acids is 6. The summed E-state index contributed by atoms with van der Waals surface area (Å²) >= 11 is 0. The standard InChI is InChI=1S/C24H35N5O16/c25-10(1-5-15(30)31)20(40)29-14(9-19(38)39)23(43)27-11(2-6-16(32)33)21(41)26-12(3-7-17(34)35)22(42)28-13(24(44)45)4-8-18(36)37/h10-14H,1-9,25H2,(H,26,41)(H,27,43)(H,28,42)(H,29,40)(H,30,31)(H,32,33)(H,34,35)(H,36,37)(H,38,39)(H,44,45)/t10-,11-,12-,13-,14-/m0/s1. The maximum Gasteiger partial charge on any atom is 0.326 e. The van der Waals surface area contributed by atoms with Crippen molar-refractivity contribution in [2.45, 2.75) is 88.0 Å². The van der Waals surface area contributed by atoms with Gasteiger partial charge in [-0.3, -0.25) is 43.2 Å². The van der Waals surface area contributed by atoms with Gasteiger partial charge in [-0.1, -0.05) is 0 Å². The van der Waals surface area contributed by atoms with Gasteiger partial charge in [0.1, 0.15) is 24.2 Å². The molecule has 0 aliphatic heterocycles. The molecule has 0 rings (SSSR count). The van der Waals surface area contributed by atoms with Gasteiger partial charge in [-0.05, 0) is 25.7 Å². The molecule has 0 bridgehead atoms. The monoisotopic (exact) mass is 649 g/mol. The molecule has 0 saturated heterocycles. The SMILES string of the molecule is N[C@@H](CCC(=O)O)C(=O)N[C@@H](CC(=O)O)C(=O)N[C@@H](CCC(=O)O)C(=O)N[C@@H](CCC(=O)O)C(=O)N[C@@H](CCC(=O)O)C(=O)O. The molecule has 0 aliphatic rings. The van der Waals surface area contributed by atoms with Crippen molar-refractivity contribution in [3.8, 4) is 0 Å². The zero-order valence-electron chi connectivity index (χ0n) is 23.6. The van der Waals surface area contributed by atoms with Gasteiger partial charge < -0.3 is 57.6 Å². The molecule has 0 heterocycles. The molecule has 12 N–H and O–H groups in total. The number of rotatable bonds is 23. The Balaban J connectivity index is 6.02. The number of amides is 4. The quantitative estimate of drug-likeness (QED) is 0.0506. The summed E-state index contributed by atoms with van der Waals surface area (Å²) in [6.45, 7) is 0. The van der Waals surface area contributed by atoms with Gasteiger partial charge in [0.25, 0.3) is 0 Å². The van der Waals surface area contributed by atoms with E-state index in [2.05, 4.69) is 5.32 Å². The highest BCUT2D eigenvalue weighted by Gasteiger charge is 2.33. The summed E-state index contributed by atoms with van der Waals surface area (Å²) < 4.78 is 0. The lowest BCUT2D eigenvalue weighted by molar-refractivity contribution is -0.144. The van der Waals surface area contributed by atoms with Crippen LogP contribution in [0.1, 0.15) is 57.8 Å². The molecule has 0 unspecified atom stereocenters. The van der Waals surface area contributed by atoms with E-state index in [1.165, 1.54) is 0 Å². The zero-order chi connectivity index (χ0) is 34.9. The molecular weight excluding hydrogens is 614 g/mol. The summed E-state index contributed by atoms with van der Waals surface area (Å²) in [6.07, 6.45) is -6.05. The van der Waals surface area contributed by atoms with Crippen LogP contribution < -0.4 is 27.0 Å². The van der Waals surface area contributed by atoms with Crippen molar-refractivity contribution in [3.05, 3.63) is 0 Å². The van der Waals surface area contributed by atoms with Crippen LogP contribution in [0.4, 0.5) is 0 Å². The number of carbonyl (C=O) groups excluding carboxylic acids is 4. The van der Waals surface area contributed by atoms with Crippen molar-refractivity contribution < 1.29 is 78.6 Å². The smallest absolute Gasteiger partial charge is 0.326 e. The number of nitrogens with one attached hydrogen (secondary N) is 4. The van der Waals surface area contributed by atoms with Crippen LogP contribution in [0.25, 0.3) is 0 Å². The summed E-state index contributed by atoms with van der Waals surface area (Å²) in [4.78, 5) is 118. The van der Waals surface area contributed by atoms with Crippen molar-refractivity contribution >= 4 is 59.4 Å². The van der Waals surface area contributed by atoms with E-state index in [0.29, 0.717) is 0 Å². The fraction of sp³-hybridized carbons (Fsp3) is 0.583. The summed E-state index contributed by atoms with van der Waals surface area (Å²) in [5, 5.41) is 62.2. The number of nitrogens with two attached hydrogens (primary N) is 1. The predicted molar refractivity (Wildman–Crippen MR) is 143 cm³/mol. The van der Waals surface area contributed by atoms with Crippen molar-refractivity contribution in [2.75, 3.05) is 0 Å². The molecule has 0 aromatic rings. The fourth-order valence-electron chi connectivity index (χ4n) is 3.49. The summed E-state index contributed by atoms with van der Waals surface area (Å²) in [5.74, 6) is -13.8. The van der Waals surface area contributed by atoms with Gasteiger partial charge in [0.15, 0.2) is 0 Å². The van der Waals surface area contributed by atoms with Gasteiger partial charge in [-0.2, -0.15) is 0 Å². The lowest BCUT2D eigenvalue weighted by Crippen LogP contribution is -2.58. The lowest BCUT2D eigenvalue weighted by atomic mass is 10.0. The highest BCUT2D eigenvalue weighted by Crippen LogP contribution is 2.07. The second-order valence-electron chi connectivity index (χ2n) is 9.52. The second-order valence-corrected chi connectivity index (χ2v) is 9.52. The molecule has 0 radical (unpaired) electrons. The Labute approximate surface area is 253 Å². The lowest BCUT2D eigenvalue weighted by Gasteiger charge is -2.26. The van der Waals surface area contributed by atoms with Crippen LogP contribution >= 0.6 is 0 Å². The Morgan fingerprint density at radius 3 is 1.09 bits per heavy atom. The van der Waals surface area contributed by atoms with Crippen LogP contribution in [-0.2, 0) is 47.9 Å². The first-order valence-electron chi connectivity index (χ1n) is 13.1. The van der Waals surface area contributed by atoms with Crippen LogP contribution in [-0.4, -0.2) is 120 Å². The van der Waals surface area contributed by atoms with Crippen molar-refractivity contribution in [3.63, 3.8) is 0 Å². The zero-order valence-corrected chi connectivity index (χ0v) is 23.6. The molecule has 45 heavy (non-hydrogen) atoms. The highest BCUT2D eigenvalue weighted by atomic mass is 16.4. The number of hydrogen-bond donors (Lipinski definition) is 11. The molecule has 0 spiro atoms. The van der Waals surface area contributed by atoms with E-state index in [0.717, 1.165) is 0 Å². The average Bonchev–Trinajstić information content (AvgIpc) is 2.92. The van der Waals surface area contributed by atoms with Crippen LogP contribution in [0.5, 0.6) is 0 Å². The summed E-state index contributed by atoms with van der Waals surface area (Å²) in [5.41, 5.74) is 5.57. The minimum atomic E-state index is -1.90. The Morgan fingerprint density at radius 2 is 0.733 bits per heavy atom. The van der Waals surface area contributed by atoms with Gasteiger partial charge in [0.2, 0.25) is 23.6 Å². The Kier molecular flexibility index (Phi) is 17.4. The number of carbonyl (C=O) groups is 10. The van der Waals surface area contributed by atoms with Gasteiger partial charge in [0, 0.05) is 25.7 Å². The summed E-state index contributed by atoms with van der Waals surface area (Å²) in [6, 6.07) is -8.75. The van der Waals surface area contributed by atoms with Crippen LogP contribution in [0, 0.1) is 0 Å². The number of aliphatic carboxylic acids is 6. The molecule has 5 atom stereocenters. The molecule has 252 valence electrons. The second kappa shape index (κ2) is 19.8. The minimum Gasteiger partial charge on any atom is -0.481 e. The first-order valence-corrected chi connectivity index (χ1v) is 13.1. The van der Waals surface area contributed by atoms with E-state index in [-0.39, 0.29) is 6.42 Å². The van der Waals surface area contributed by atoms with Crippen molar-refractivity contribution in [1.82, 2.24) is 21.3 Å². The maximum atomic E-state index is 13.1. The first kappa shape index (κ1) is 39.7. The first-order chi connectivity index (χ1) is 20.8. The van der Waals surface area contributed by atoms with Crippen molar-refractivity contribution in [1.29, 1.82) is 0 Å². The number of carboxylic acid groups (broad SMARTS) is 6. The third kappa shape index (κ3) is 17.4. The third-order valence-corrected chi connectivity index (χ3v) is 5.84. The molecule has 21 nitrogen and oxygen atoms in total. The predicted octanol–water partition coefficient (Wildman–Crippen LogP) is -3.73. The molecule has 4 amide bonds. The van der Waals surface area contributed by atoms with Gasteiger partial charge in [0.05, 0.1) is 12.5 Å². The Hall–Kier alpha value is -5.34.